The highest BCUT2D eigenvalue weighted by atomic mass is 32.2. The topological polar surface area (TPSA) is 83.5 Å². The molecule has 0 heterocycles. The van der Waals surface area contributed by atoms with E-state index in [9.17, 15) is 26.4 Å². The molecule has 21 heavy (non-hydrogen) atoms. The van der Waals surface area contributed by atoms with Crippen LogP contribution in [0.3, 0.4) is 0 Å². The third kappa shape index (κ3) is 4.43. The predicted molar refractivity (Wildman–Crippen MR) is 68.1 cm³/mol. The molecule has 0 aliphatic heterocycles. The van der Waals surface area contributed by atoms with Crippen LogP contribution in [0.1, 0.15) is 25.3 Å². The Morgan fingerprint density at radius 2 is 1.90 bits per heavy atom. The Labute approximate surface area is 119 Å². The van der Waals surface area contributed by atoms with Crippen LogP contribution in [0, 0.1) is 0 Å². The van der Waals surface area contributed by atoms with Gasteiger partial charge in [-0.15, -0.1) is 0 Å². The number of hydrogen-bond donors (Lipinski definition) is 2. The number of nitrogens with one attached hydrogen (secondary N) is 1. The number of benzene rings is 1. The van der Waals surface area contributed by atoms with Gasteiger partial charge in [-0.1, -0.05) is 25.5 Å². The highest BCUT2D eigenvalue weighted by Gasteiger charge is 2.37. The third-order valence-corrected chi connectivity index (χ3v) is 4.18. The molecule has 9 heteroatoms. The van der Waals surface area contributed by atoms with Crippen molar-refractivity contribution in [1.82, 2.24) is 4.72 Å². The van der Waals surface area contributed by atoms with Gasteiger partial charge in [0.05, 0.1) is 10.5 Å². The summed E-state index contributed by atoms with van der Waals surface area (Å²) < 4.78 is 64.3. The number of carboxylic acid groups (broad SMARTS) is 1. The molecule has 1 unspecified atom stereocenters. The number of aliphatic carboxylic acids is 1. The van der Waals surface area contributed by atoms with Crippen LogP contribution in [0.5, 0.6) is 0 Å². The molecular weight excluding hydrogens is 311 g/mol. The maximum atomic E-state index is 12.8. The molecule has 0 aliphatic rings. The SMILES string of the molecule is CCCC(NS(=O)(=O)c1ccccc1C(F)(F)F)C(=O)O. The Kier molecular flexibility index (Phi) is 5.35. The monoisotopic (exact) mass is 325 g/mol. The summed E-state index contributed by atoms with van der Waals surface area (Å²) in [5, 5.41) is 8.89. The van der Waals surface area contributed by atoms with Crippen LogP contribution < -0.4 is 4.72 Å². The van der Waals surface area contributed by atoms with Crippen molar-refractivity contribution in [1.29, 1.82) is 0 Å². The number of alkyl halides is 3. The first-order chi connectivity index (χ1) is 9.59. The molecule has 0 bridgehead atoms. The summed E-state index contributed by atoms with van der Waals surface area (Å²) in [6, 6.07) is 2.14. The van der Waals surface area contributed by atoms with Gasteiger partial charge in [-0.2, -0.15) is 17.9 Å². The fourth-order valence-corrected chi connectivity index (χ4v) is 3.16. The van der Waals surface area contributed by atoms with Crippen molar-refractivity contribution >= 4 is 16.0 Å². The number of carbonyl (C=O) groups is 1. The molecule has 0 aliphatic carbocycles. The molecule has 2 N–H and O–H groups in total. The Hall–Kier alpha value is -1.61. The van der Waals surface area contributed by atoms with Gasteiger partial charge in [0.15, 0.2) is 0 Å². The highest BCUT2D eigenvalue weighted by Crippen LogP contribution is 2.33. The summed E-state index contributed by atoms with van der Waals surface area (Å²) in [5.41, 5.74) is -1.34. The van der Waals surface area contributed by atoms with Gasteiger partial charge in [0.2, 0.25) is 10.0 Å². The Balaban J connectivity index is 3.23. The molecule has 0 saturated carbocycles. The van der Waals surface area contributed by atoms with Crippen LogP contribution in [0.25, 0.3) is 0 Å². The zero-order chi connectivity index (χ0) is 16.3. The van der Waals surface area contributed by atoms with Gasteiger partial charge in [0, 0.05) is 0 Å². The lowest BCUT2D eigenvalue weighted by Crippen LogP contribution is -2.41. The summed E-state index contributed by atoms with van der Waals surface area (Å²) in [6.07, 6.45) is -4.52. The second-order valence-electron chi connectivity index (χ2n) is 4.29. The van der Waals surface area contributed by atoms with Crippen LogP contribution in [-0.2, 0) is 21.0 Å². The van der Waals surface area contributed by atoms with Gasteiger partial charge < -0.3 is 5.11 Å². The van der Waals surface area contributed by atoms with E-state index in [4.69, 9.17) is 5.11 Å². The van der Waals surface area contributed by atoms with Gasteiger partial charge in [0.1, 0.15) is 6.04 Å². The minimum Gasteiger partial charge on any atom is -0.480 e. The molecule has 1 rings (SSSR count). The minimum atomic E-state index is -4.85. The summed E-state index contributed by atoms with van der Waals surface area (Å²) in [4.78, 5) is 9.94. The first-order valence-electron chi connectivity index (χ1n) is 6.01. The molecule has 5 nitrogen and oxygen atoms in total. The molecule has 0 radical (unpaired) electrons. The number of sulfonamides is 1. The van der Waals surface area contributed by atoms with Crippen molar-refractivity contribution in [3.05, 3.63) is 29.8 Å². The van der Waals surface area contributed by atoms with E-state index in [0.717, 1.165) is 18.2 Å². The quantitative estimate of drug-likeness (QED) is 0.840. The molecule has 0 saturated heterocycles. The van der Waals surface area contributed by atoms with Crippen molar-refractivity contribution < 1.29 is 31.5 Å². The van der Waals surface area contributed by atoms with Crippen LogP contribution in [-0.4, -0.2) is 25.5 Å². The van der Waals surface area contributed by atoms with Gasteiger partial charge >= 0.3 is 12.1 Å². The Morgan fingerprint density at radius 3 is 2.38 bits per heavy atom. The van der Waals surface area contributed by atoms with Crippen molar-refractivity contribution in [2.45, 2.75) is 36.9 Å². The molecule has 1 aromatic carbocycles. The van der Waals surface area contributed by atoms with E-state index in [1.54, 1.807) is 11.6 Å². The number of carboxylic acids is 1. The average molecular weight is 325 g/mol. The first kappa shape index (κ1) is 17.4. The third-order valence-electron chi connectivity index (χ3n) is 2.65. The second kappa shape index (κ2) is 6.44. The van der Waals surface area contributed by atoms with Crippen LogP contribution in [0.15, 0.2) is 29.2 Å². The Bertz CT molecular complexity index is 613. The first-order valence-corrected chi connectivity index (χ1v) is 7.49. The molecule has 1 aromatic rings. The lowest BCUT2D eigenvalue weighted by molar-refractivity contribution is -0.140. The van der Waals surface area contributed by atoms with Crippen LogP contribution in [0.4, 0.5) is 13.2 Å². The molecule has 0 amide bonds. The van der Waals surface area contributed by atoms with Crippen molar-refractivity contribution in [2.24, 2.45) is 0 Å². The lowest BCUT2D eigenvalue weighted by Gasteiger charge is -2.17. The average Bonchev–Trinajstić information content (AvgIpc) is 2.37. The zero-order valence-electron chi connectivity index (χ0n) is 11.0. The zero-order valence-corrected chi connectivity index (χ0v) is 11.8. The summed E-state index contributed by atoms with van der Waals surface area (Å²) in [6.45, 7) is 1.63. The summed E-state index contributed by atoms with van der Waals surface area (Å²) in [5.74, 6) is -1.44. The van der Waals surface area contributed by atoms with Crippen molar-refractivity contribution in [3.63, 3.8) is 0 Å². The maximum Gasteiger partial charge on any atom is 0.417 e. The van der Waals surface area contributed by atoms with E-state index in [0.29, 0.717) is 12.5 Å². The normalized spacial score (nSPS) is 13.9. The predicted octanol–water partition coefficient (Wildman–Crippen LogP) is 2.24. The van der Waals surface area contributed by atoms with Crippen molar-refractivity contribution in [3.8, 4) is 0 Å². The van der Waals surface area contributed by atoms with Gasteiger partial charge in [-0.25, -0.2) is 8.42 Å². The highest BCUT2D eigenvalue weighted by molar-refractivity contribution is 7.89. The van der Waals surface area contributed by atoms with Gasteiger partial charge in [-0.05, 0) is 18.6 Å². The number of hydrogen-bond acceptors (Lipinski definition) is 3. The summed E-state index contributed by atoms with van der Waals surface area (Å²) in [7, 11) is -4.59. The number of halogens is 3. The summed E-state index contributed by atoms with van der Waals surface area (Å²) >= 11 is 0. The van der Waals surface area contributed by atoms with Gasteiger partial charge in [0.25, 0.3) is 0 Å². The molecule has 118 valence electrons. The smallest absolute Gasteiger partial charge is 0.417 e. The van der Waals surface area contributed by atoms with Crippen LogP contribution >= 0.6 is 0 Å². The minimum absolute atomic E-state index is 0.0251. The van der Waals surface area contributed by atoms with Gasteiger partial charge in [-0.3, -0.25) is 4.79 Å². The molecular formula is C12H14F3NO4S. The second-order valence-corrected chi connectivity index (χ2v) is 5.98. The molecule has 0 fully saturated rings. The fraction of sp³-hybridized carbons (Fsp3) is 0.417. The largest absolute Gasteiger partial charge is 0.480 e. The molecule has 1 atom stereocenters. The Morgan fingerprint density at radius 1 is 1.33 bits per heavy atom. The number of rotatable bonds is 6. The fourth-order valence-electron chi connectivity index (χ4n) is 1.71. The van der Waals surface area contributed by atoms with E-state index in [-0.39, 0.29) is 6.42 Å². The van der Waals surface area contributed by atoms with Crippen molar-refractivity contribution in [2.75, 3.05) is 0 Å². The van der Waals surface area contributed by atoms with Crippen LogP contribution in [0.2, 0.25) is 0 Å². The standard InChI is InChI=1S/C12H14F3NO4S/c1-2-5-9(11(17)18)16-21(19,20)10-7-4-3-6-8(10)12(13,14)15/h3-4,6-7,9,16H,2,5H2,1H3,(H,17,18). The molecule has 0 aromatic heterocycles. The maximum absolute atomic E-state index is 12.8. The van der Waals surface area contributed by atoms with E-state index in [1.165, 1.54) is 0 Å². The van der Waals surface area contributed by atoms with E-state index >= 15 is 0 Å². The van der Waals surface area contributed by atoms with E-state index in [1.807, 2.05) is 0 Å². The van der Waals surface area contributed by atoms with E-state index in [2.05, 4.69) is 0 Å². The lowest BCUT2D eigenvalue weighted by atomic mass is 10.2. The molecule has 0 spiro atoms. The van der Waals surface area contributed by atoms with E-state index < -0.39 is 38.7 Å².